The number of carboxylic acid groups (broad SMARTS) is 1. The molecule has 0 aromatic heterocycles. The quantitative estimate of drug-likeness (QED) is 0.169. The normalized spacial score (nSPS) is 34.4. The van der Waals surface area contributed by atoms with Crippen molar-refractivity contribution in [1.29, 1.82) is 0 Å². The Balaban J connectivity index is 1.67. The third kappa shape index (κ3) is 5.46. The van der Waals surface area contributed by atoms with Crippen molar-refractivity contribution in [1.82, 2.24) is 4.90 Å². The molecule has 3 heterocycles. The molecule has 1 fully saturated rings. The first-order valence-corrected chi connectivity index (χ1v) is 12.5. The first-order valence-electron chi connectivity index (χ1n) is 12.5. The molecule has 1 amide bonds. The van der Waals surface area contributed by atoms with Gasteiger partial charge in [0.2, 0.25) is 12.2 Å². The molecule has 0 radical (unpaired) electrons. The number of ether oxygens (including phenoxy) is 3. The van der Waals surface area contributed by atoms with Crippen LogP contribution < -0.4 is 0 Å². The number of aromatic hydroxyl groups is 2. The van der Waals surface area contributed by atoms with Crippen molar-refractivity contribution in [3.05, 3.63) is 47.7 Å². The van der Waals surface area contributed by atoms with E-state index in [1.165, 1.54) is 25.1 Å². The fourth-order valence-corrected chi connectivity index (χ4v) is 5.52. The van der Waals surface area contributed by atoms with Crippen LogP contribution in [-0.4, -0.2) is 103 Å². The van der Waals surface area contributed by atoms with Crippen molar-refractivity contribution in [3.63, 3.8) is 0 Å². The largest absolute Gasteiger partial charge is 0.504 e. The molecule has 0 aliphatic carbocycles. The van der Waals surface area contributed by atoms with Crippen LogP contribution in [-0.2, 0) is 30.2 Å². The van der Waals surface area contributed by atoms with E-state index in [0.29, 0.717) is 24.1 Å². The Hall–Kier alpha value is -3.20. The van der Waals surface area contributed by atoms with Crippen molar-refractivity contribution < 1.29 is 59.5 Å². The predicted molar refractivity (Wildman–Crippen MR) is 131 cm³/mol. The van der Waals surface area contributed by atoms with Gasteiger partial charge in [-0.05, 0) is 36.1 Å². The van der Waals surface area contributed by atoms with Crippen molar-refractivity contribution in [2.24, 2.45) is 11.8 Å². The number of aliphatic hydroxyl groups is 4. The van der Waals surface area contributed by atoms with Crippen LogP contribution in [0.1, 0.15) is 30.5 Å². The highest BCUT2D eigenvalue weighted by molar-refractivity contribution is 5.87. The van der Waals surface area contributed by atoms with Gasteiger partial charge in [-0.2, -0.15) is 0 Å². The molecule has 3 aliphatic heterocycles. The number of phenols is 2. The maximum absolute atomic E-state index is 12.6. The number of aliphatic carboxylic acids is 1. The minimum Gasteiger partial charge on any atom is -0.504 e. The minimum atomic E-state index is -1.71. The van der Waals surface area contributed by atoms with Gasteiger partial charge in [0, 0.05) is 25.3 Å². The Labute approximate surface area is 223 Å². The minimum absolute atomic E-state index is 0.0452. The summed E-state index contributed by atoms with van der Waals surface area (Å²) in [5.74, 6) is -3.95. The van der Waals surface area contributed by atoms with Gasteiger partial charge < -0.3 is 54.9 Å². The topological polar surface area (TPSA) is 207 Å². The van der Waals surface area contributed by atoms with E-state index in [1.807, 2.05) is 0 Å². The lowest BCUT2D eigenvalue weighted by molar-refractivity contribution is -0.339. The maximum atomic E-state index is 12.6. The van der Waals surface area contributed by atoms with E-state index >= 15 is 0 Å². The summed E-state index contributed by atoms with van der Waals surface area (Å²) in [5.41, 5.74) is 1.12. The van der Waals surface area contributed by atoms with Crippen LogP contribution in [0.4, 0.5) is 0 Å². The average molecular weight is 552 g/mol. The number of fused-ring (bicyclic) bond motifs is 1. The highest BCUT2D eigenvalue weighted by Gasteiger charge is 2.48. The van der Waals surface area contributed by atoms with Gasteiger partial charge in [-0.1, -0.05) is 6.08 Å². The summed E-state index contributed by atoms with van der Waals surface area (Å²) >= 11 is 0. The highest BCUT2D eigenvalue weighted by atomic mass is 16.8. The number of carboxylic acids is 1. The summed E-state index contributed by atoms with van der Waals surface area (Å²) in [7, 11) is 0. The van der Waals surface area contributed by atoms with E-state index in [1.54, 1.807) is 4.90 Å². The van der Waals surface area contributed by atoms with Gasteiger partial charge in [-0.25, -0.2) is 4.79 Å². The van der Waals surface area contributed by atoms with E-state index in [2.05, 4.69) is 6.58 Å². The van der Waals surface area contributed by atoms with Gasteiger partial charge in [0.15, 0.2) is 17.8 Å². The molecule has 1 saturated heterocycles. The second-order valence-corrected chi connectivity index (χ2v) is 9.89. The summed E-state index contributed by atoms with van der Waals surface area (Å²) in [6.45, 7) is 4.81. The molecule has 13 nitrogen and oxygen atoms in total. The number of phenolic OH excluding ortho intramolecular Hbond substituents is 2. The predicted octanol–water partition coefficient (Wildman–Crippen LogP) is -0.507. The van der Waals surface area contributed by atoms with Gasteiger partial charge in [-0.3, -0.25) is 4.79 Å². The van der Waals surface area contributed by atoms with E-state index in [-0.39, 0.29) is 29.4 Å². The van der Waals surface area contributed by atoms with Crippen LogP contribution in [0.3, 0.4) is 0 Å². The summed E-state index contributed by atoms with van der Waals surface area (Å²) < 4.78 is 16.8. The monoisotopic (exact) mass is 551 g/mol. The molecule has 0 spiro atoms. The Morgan fingerprint density at radius 1 is 1.13 bits per heavy atom. The Kier molecular flexibility index (Phi) is 8.49. The second-order valence-electron chi connectivity index (χ2n) is 9.89. The third-order valence-corrected chi connectivity index (χ3v) is 7.62. The van der Waals surface area contributed by atoms with Crippen LogP contribution in [0.2, 0.25) is 0 Å². The highest BCUT2D eigenvalue weighted by Crippen LogP contribution is 2.45. The zero-order valence-electron chi connectivity index (χ0n) is 21.2. The van der Waals surface area contributed by atoms with Crippen LogP contribution in [0.5, 0.6) is 11.5 Å². The van der Waals surface area contributed by atoms with Crippen molar-refractivity contribution in [3.8, 4) is 11.5 Å². The number of rotatable bonds is 7. The van der Waals surface area contributed by atoms with Crippen molar-refractivity contribution >= 4 is 11.9 Å². The van der Waals surface area contributed by atoms with Crippen molar-refractivity contribution in [2.45, 2.75) is 62.8 Å². The van der Waals surface area contributed by atoms with E-state index < -0.39 is 67.4 Å². The summed E-state index contributed by atoms with van der Waals surface area (Å²) in [5, 5.41) is 70.2. The maximum Gasteiger partial charge on any atom is 0.334 e. The summed E-state index contributed by atoms with van der Waals surface area (Å²) in [4.78, 5) is 26.3. The summed E-state index contributed by atoms with van der Waals surface area (Å²) in [6.07, 6.45) is -6.18. The number of nitrogens with zero attached hydrogens (tertiary/aromatic N) is 1. The first kappa shape index (κ1) is 28.8. The smallest absolute Gasteiger partial charge is 0.334 e. The van der Waals surface area contributed by atoms with Gasteiger partial charge in [0.25, 0.3) is 0 Å². The molecule has 1 aromatic carbocycles. The Morgan fingerprint density at radius 2 is 1.82 bits per heavy atom. The molecular weight excluding hydrogens is 518 g/mol. The number of carbonyl (C=O) groups is 2. The number of aliphatic hydroxyl groups excluding tert-OH is 4. The van der Waals surface area contributed by atoms with Gasteiger partial charge in [-0.15, -0.1) is 6.58 Å². The molecule has 214 valence electrons. The fourth-order valence-electron chi connectivity index (χ4n) is 5.52. The molecule has 1 aromatic rings. The molecule has 9 atom stereocenters. The second kappa shape index (κ2) is 11.5. The number of hydrogen-bond donors (Lipinski definition) is 7. The lowest BCUT2D eigenvalue weighted by atomic mass is 9.76. The number of benzene rings is 1. The molecule has 4 rings (SSSR count). The number of amides is 1. The first-order chi connectivity index (χ1) is 18.5. The Bertz CT molecular complexity index is 1140. The molecule has 39 heavy (non-hydrogen) atoms. The molecular formula is C26H33NO12. The van der Waals surface area contributed by atoms with Gasteiger partial charge in [0.1, 0.15) is 24.4 Å². The SMILES string of the molecule is C=C[C@H]1[C@H](O[C@@H]2O[C@H](CO)[C@@H](O)[C@H](O)[C@H]2O)OC=C(C(=O)O)[C@H]1C[C@@H]1c2cc(O)c(O)cc2CCN1C(C)=O. The van der Waals surface area contributed by atoms with E-state index in [9.17, 15) is 45.3 Å². The molecule has 7 N–H and O–H groups in total. The molecule has 0 unspecified atom stereocenters. The van der Waals surface area contributed by atoms with Crippen LogP contribution >= 0.6 is 0 Å². The average Bonchev–Trinajstić information content (AvgIpc) is 2.89. The van der Waals surface area contributed by atoms with E-state index in [4.69, 9.17) is 14.2 Å². The fraction of sp³-hybridized carbons (Fsp3) is 0.538. The molecule has 0 bridgehead atoms. The van der Waals surface area contributed by atoms with Crippen molar-refractivity contribution in [2.75, 3.05) is 13.2 Å². The standard InChI is InChI=1S/C26H33NO12/c1-3-13-15(7-17-14-8-19(31)18(30)6-12(14)4-5-27(17)11(2)29)16(24(35)36)10-37-25(13)39-26-23(34)22(33)21(32)20(9-28)38-26/h3,6,8,10,13,15,17,20-23,25-26,28,30-34H,1,4-5,7,9H2,2H3,(H,35,36)/t13-,15+,17-,20-,21-,22+,23-,25+,26+/m1/s1. The number of carbonyl (C=O) groups excluding carboxylic acids is 1. The van der Waals surface area contributed by atoms with Crippen LogP contribution in [0, 0.1) is 11.8 Å². The lowest BCUT2D eigenvalue weighted by Gasteiger charge is -2.44. The van der Waals surface area contributed by atoms with Gasteiger partial charge in [0.05, 0.1) is 24.5 Å². The van der Waals surface area contributed by atoms with Crippen LogP contribution in [0.15, 0.2) is 36.6 Å². The molecule has 3 aliphatic rings. The van der Waals surface area contributed by atoms with Gasteiger partial charge >= 0.3 is 5.97 Å². The third-order valence-electron chi connectivity index (χ3n) is 7.62. The number of hydrogen-bond acceptors (Lipinski definition) is 11. The molecule has 13 heteroatoms. The van der Waals surface area contributed by atoms with E-state index in [0.717, 1.165) is 6.26 Å². The zero-order valence-corrected chi connectivity index (χ0v) is 21.2. The zero-order chi connectivity index (χ0) is 28.6. The van der Waals surface area contributed by atoms with Crippen LogP contribution in [0.25, 0.3) is 0 Å². The molecule has 0 saturated carbocycles. The Morgan fingerprint density at radius 3 is 2.44 bits per heavy atom. The lowest BCUT2D eigenvalue weighted by Crippen LogP contribution is -2.60. The summed E-state index contributed by atoms with van der Waals surface area (Å²) in [6, 6.07) is 2.10.